The van der Waals surface area contributed by atoms with E-state index in [0.717, 1.165) is 18.0 Å². The molecule has 0 bridgehead atoms. The molecule has 1 aromatic carbocycles. The number of carboxylic acid groups (broad SMARTS) is 1. The number of hydrogen-bond acceptors (Lipinski definition) is 3. The third kappa shape index (κ3) is 5.10. The van der Waals surface area contributed by atoms with Crippen LogP contribution in [0.3, 0.4) is 0 Å². The Labute approximate surface area is 157 Å². The van der Waals surface area contributed by atoms with Crippen LogP contribution in [0.15, 0.2) is 24.3 Å². The number of piperidine rings is 1. The molecule has 0 radical (unpaired) electrons. The van der Waals surface area contributed by atoms with E-state index in [1.807, 2.05) is 6.07 Å². The van der Waals surface area contributed by atoms with Crippen LogP contribution in [0, 0.1) is 11.8 Å². The molecule has 1 fully saturated rings. The molecule has 1 aliphatic rings. The van der Waals surface area contributed by atoms with Gasteiger partial charge < -0.3 is 14.7 Å². The van der Waals surface area contributed by atoms with Crippen LogP contribution in [0.4, 0.5) is 4.79 Å². The lowest BCUT2D eigenvalue weighted by atomic mass is 9.79. The third-order valence-corrected chi connectivity index (χ3v) is 7.05. The number of benzene rings is 1. The quantitative estimate of drug-likeness (QED) is 0.743. The maximum atomic E-state index is 12.7. The SMILES string of the molecule is C[C@@H]1CCN(C(=O)OCC[Si](C)(C)C)C(c2cccc(C(=O)O)c2)[C@@H]1C. The van der Waals surface area contributed by atoms with E-state index in [2.05, 4.69) is 33.5 Å². The maximum absolute atomic E-state index is 12.7. The van der Waals surface area contributed by atoms with Crippen LogP contribution in [0.2, 0.25) is 25.7 Å². The number of likely N-dealkylation sites (tertiary alicyclic amines) is 1. The molecule has 0 spiro atoms. The fourth-order valence-electron chi connectivity index (χ4n) is 3.41. The predicted octanol–water partition coefficient (Wildman–Crippen LogP) is 4.88. The number of carboxylic acids is 1. The molecule has 5 nitrogen and oxygen atoms in total. The van der Waals surface area contributed by atoms with Gasteiger partial charge >= 0.3 is 12.1 Å². The van der Waals surface area contributed by atoms with Gasteiger partial charge in [0, 0.05) is 14.6 Å². The number of carbonyl (C=O) groups excluding carboxylic acids is 1. The Hall–Kier alpha value is -1.82. The van der Waals surface area contributed by atoms with Crippen molar-refractivity contribution in [3.63, 3.8) is 0 Å². The summed E-state index contributed by atoms with van der Waals surface area (Å²) in [6, 6.07) is 7.71. The standard InChI is InChI=1S/C20H31NO4Si/c1-14-9-10-21(20(24)25-11-12-26(3,4)5)18(15(14)2)16-7-6-8-17(13-16)19(22)23/h6-8,13-15,18H,9-12H2,1-5H3,(H,22,23)/t14-,15-,18?/m1/s1. The second-order valence-electron chi connectivity index (χ2n) is 8.62. The first-order valence-corrected chi connectivity index (χ1v) is 13.1. The summed E-state index contributed by atoms with van der Waals surface area (Å²) in [4.78, 5) is 25.9. The first-order valence-electron chi connectivity index (χ1n) is 9.37. The van der Waals surface area contributed by atoms with Gasteiger partial charge in [0.05, 0.1) is 18.2 Å². The maximum Gasteiger partial charge on any atom is 0.410 e. The number of carbonyl (C=O) groups is 2. The summed E-state index contributed by atoms with van der Waals surface area (Å²) in [5.74, 6) is -0.260. The van der Waals surface area contributed by atoms with Crippen molar-refractivity contribution < 1.29 is 19.4 Å². The van der Waals surface area contributed by atoms with Crippen molar-refractivity contribution in [3.05, 3.63) is 35.4 Å². The van der Waals surface area contributed by atoms with Crippen LogP contribution < -0.4 is 0 Å². The number of ether oxygens (including phenoxy) is 1. The highest BCUT2D eigenvalue weighted by molar-refractivity contribution is 6.76. The van der Waals surface area contributed by atoms with E-state index < -0.39 is 14.0 Å². The van der Waals surface area contributed by atoms with Crippen LogP contribution >= 0.6 is 0 Å². The zero-order valence-corrected chi connectivity index (χ0v) is 17.5. The fourth-order valence-corrected chi connectivity index (χ4v) is 4.13. The van der Waals surface area contributed by atoms with Gasteiger partial charge in [0.25, 0.3) is 0 Å². The number of aromatic carboxylic acids is 1. The second-order valence-corrected chi connectivity index (χ2v) is 14.2. The summed E-state index contributed by atoms with van der Waals surface area (Å²) in [5.41, 5.74) is 1.12. The minimum atomic E-state index is -1.26. The van der Waals surface area contributed by atoms with Crippen molar-refractivity contribution in [1.29, 1.82) is 0 Å². The summed E-state index contributed by atoms with van der Waals surface area (Å²) in [6.45, 7) is 12.2. The fraction of sp³-hybridized carbons (Fsp3) is 0.600. The molecule has 2 rings (SSSR count). The molecule has 144 valence electrons. The van der Waals surface area contributed by atoms with Crippen LogP contribution in [0.5, 0.6) is 0 Å². The molecule has 1 heterocycles. The van der Waals surface area contributed by atoms with Crippen molar-refractivity contribution in [1.82, 2.24) is 4.90 Å². The van der Waals surface area contributed by atoms with E-state index in [1.54, 1.807) is 23.1 Å². The second kappa shape index (κ2) is 8.25. The number of rotatable bonds is 5. The zero-order chi connectivity index (χ0) is 19.5. The monoisotopic (exact) mass is 377 g/mol. The van der Waals surface area contributed by atoms with E-state index in [4.69, 9.17) is 4.74 Å². The largest absolute Gasteiger partial charge is 0.478 e. The molecule has 1 aliphatic heterocycles. The molecule has 0 aromatic heterocycles. The van der Waals surface area contributed by atoms with Gasteiger partial charge in [-0.05, 0) is 42.0 Å². The summed E-state index contributed by atoms with van der Waals surface area (Å²) >= 11 is 0. The molecule has 6 heteroatoms. The molecule has 3 atom stereocenters. The van der Waals surface area contributed by atoms with Gasteiger partial charge in [-0.1, -0.05) is 45.6 Å². The number of amides is 1. The number of nitrogens with zero attached hydrogens (tertiary/aromatic N) is 1. The minimum Gasteiger partial charge on any atom is -0.478 e. The Morgan fingerprint density at radius 3 is 2.58 bits per heavy atom. The average molecular weight is 378 g/mol. The minimum absolute atomic E-state index is 0.155. The van der Waals surface area contributed by atoms with E-state index in [0.29, 0.717) is 19.1 Å². The Bertz CT molecular complexity index is 655. The highest BCUT2D eigenvalue weighted by atomic mass is 28.3. The summed E-state index contributed by atoms with van der Waals surface area (Å²) in [7, 11) is -1.26. The summed E-state index contributed by atoms with van der Waals surface area (Å²) in [6.07, 6.45) is 0.645. The predicted molar refractivity (Wildman–Crippen MR) is 105 cm³/mol. The van der Waals surface area contributed by atoms with E-state index in [-0.39, 0.29) is 23.6 Å². The average Bonchev–Trinajstić information content (AvgIpc) is 2.56. The topological polar surface area (TPSA) is 66.8 Å². The Morgan fingerprint density at radius 2 is 1.96 bits per heavy atom. The van der Waals surface area contributed by atoms with Gasteiger partial charge in [-0.2, -0.15) is 0 Å². The van der Waals surface area contributed by atoms with Gasteiger partial charge in [0.15, 0.2) is 0 Å². The molecule has 1 unspecified atom stereocenters. The first kappa shape index (κ1) is 20.5. The Morgan fingerprint density at radius 1 is 1.27 bits per heavy atom. The van der Waals surface area contributed by atoms with Crippen LogP contribution in [0.25, 0.3) is 0 Å². The summed E-state index contributed by atoms with van der Waals surface area (Å²) < 4.78 is 5.58. The smallest absolute Gasteiger partial charge is 0.410 e. The van der Waals surface area contributed by atoms with Crippen molar-refractivity contribution in [3.8, 4) is 0 Å². The van der Waals surface area contributed by atoms with Crippen molar-refractivity contribution in [2.75, 3.05) is 13.2 Å². The van der Waals surface area contributed by atoms with Gasteiger partial charge in [0.2, 0.25) is 0 Å². The number of hydrogen-bond donors (Lipinski definition) is 1. The van der Waals surface area contributed by atoms with E-state index in [9.17, 15) is 14.7 Å². The molecule has 1 aromatic rings. The van der Waals surface area contributed by atoms with Crippen LogP contribution in [-0.2, 0) is 4.74 Å². The van der Waals surface area contributed by atoms with E-state index >= 15 is 0 Å². The molecule has 0 aliphatic carbocycles. The molecule has 0 saturated carbocycles. The van der Waals surface area contributed by atoms with Crippen molar-refractivity contribution in [2.45, 2.75) is 52.0 Å². The molecule has 1 amide bonds. The molecular formula is C20H31NO4Si. The highest BCUT2D eigenvalue weighted by Crippen LogP contribution is 2.39. The molecule has 1 N–H and O–H groups in total. The van der Waals surface area contributed by atoms with Crippen LogP contribution in [0.1, 0.15) is 42.2 Å². The van der Waals surface area contributed by atoms with E-state index in [1.165, 1.54) is 0 Å². The zero-order valence-electron chi connectivity index (χ0n) is 16.5. The first-order chi connectivity index (χ1) is 12.1. The molecule has 26 heavy (non-hydrogen) atoms. The van der Waals surface area contributed by atoms with Crippen molar-refractivity contribution >= 4 is 20.1 Å². The van der Waals surface area contributed by atoms with Crippen LogP contribution in [-0.4, -0.2) is 43.3 Å². The third-order valence-electron chi connectivity index (χ3n) is 5.34. The lowest BCUT2D eigenvalue weighted by molar-refractivity contribution is 0.0405. The normalized spacial score (nSPS) is 23.6. The lowest BCUT2D eigenvalue weighted by Gasteiger charge is -2.43. The highest BCUT2D eigenvalue weighted by Gasteiger charge is 2.37. The molecule has 1 saturated heterocycles. The van der Waals surface area contributed by atoms with Gasteiger partial charge in [-0.15, -0.1) is 0 Å². The van der Waals surface area contributed by atoms with Gasteiger partial charge in [-0.3, -0.25) is 0 Å². The lowest BCUT2D eigenvalue weighted by Crippen LogP contribution is -2.45. The van der Waals surface area contributed by atoms with Gasteiger partial charge in [-0.25, -0.2) is 9.59 Å². The Kier molecular flexibility index (Phi) is 6.50. The summed E-state index contributed by atoms with van der Waals surface area (Å²) in [5, 5.41) is 9.29. The van der Waals surface area contributed by atoms with Gasteiger partial charge in [0.1, 0.15) is 0 Å². The molecular weight excluding hydrogens is 346 g/mol. The Balaban J connectivity index is 2.22. The van der Waals surface area contributed by atoms with Crippen molar-refractivity contribution in [2.24, 2.45) is 11.8 Å².